The molecule has 1 saturated heterocycles. The standard InChI is InChI=1S/C18H23N3O3S/c22-25(23,14-4-7-16-5-2-1-3-6-16)20-18-9-8-17(15-19-18)21-10-12-24-13-11-21/h1-3,5-6,8-9,15H,4,7,10-14H2,(H,19,20). The van der Waals surface area contributed by atoms with Gasteiger partial charge in [0.25, 0.3) is 0 Å². The second kappa shape index (κ2) is 8.31. The van der Waals surface area contributed by atoms with Crippen molar-refractivity contribution in [3.63, 3.8) is 0 Å². The molecule has 3 rings (SSSR count). The molecule has 6 nitrogen and oxygen atoms in total. The first-order valence-electron chi connectivity index (χ1n) is 8.45. The van der Waals surface area contributed by atoms with Gasteiger partial charge in [0, 0.05) is 13.1 Å². The van der Waals surface area contributed by atoms with Crippen molar-refractivity contribution in [2.24, 2.45) is 0 Å². The van der Waals surface area contributed by atoms with Gasteiger partial charge in [-0.1, -0.05) is 30.3 Å². The number of nitrogens with one attached hydrogen (secondary N) is 1. The molecule has 0 radical (unpaired) electrons. The molecule has 1 aromatic carbocycles. The highest BCUT2D eigenvalue weighted by Gasteiger charge is 2.14. The van der Waals surface area contributed by atoms with Crippen molar-refractivity contribution in [2.75, 3.05) is 41.7 Å². The zero-order chi connectivity index (χ0) is 17.5. The van der Waals surface area contributed by atoms with Crippen molar-refractivity contribution in [3.05, 3.63) is 54.2 Å². The number of hydrogen-bond acceptors (Lipinski definition) is 5. The molecule has 0 bridgehead atoms. The summed E-state index contributed by atoms with van der Waals surface area (Å²) >= 11 is 0. The molecule has 1 fully saturated rings. The average Bonchev–Trinajstić information content (AvgIpc) is 2.63. The van der Waals surface area contributed by atoms with Crippen molar-refractivity contribution in [1.29, 1.82) is 0 Å². The summed E-state index contributed by atoms with van der Waals surface area (Å²) in [5.74, 6) is 0.436. The van der Waals surface area contributed by atoms with Crippen LogP contribution in [0.2, 0.25) is 0 Å². The number of sulfonamides is 1. The van der Waals surface area contributed by atoms with Crippen LogP contribution in [0.1, 0.15) is 12.0 Å². The van der Waals surface area contributed by atoms with E-state index in [-0.39, 0.29) is 5.75 Å². The molecule has 25 heavy (non-hydrogen) atoms. The molecule has 2 aromatic rings. The van der Waals surface area contributed by atoms with Gasteiger partial charge in [-0.05, 0) is 30.5 Å². The van der Waals surface area contributed by atoms with Crippen LogP contribution in [0.3, 0.4) is 0 Å². The summed E-state index contributed by atoms with van der Waals surface area (Å²) in [4.78, 5) is 6.41. The summed E-state index contributed by atoms with van der Waals surface area (Å²) in [5.41, 5.74) is 2.13. The van der Waals surface area contributed by atoms with Crippen molar-refractivity contribution in [3.8, 4) is 0 Å². The first-order valence-corrected chi connectivity index (χ1v) is 10.1. The molecule has 0 atom stereocenters. The molecule has 2 heterocycles. The quantitative estimate of drug-likeness (QED) is 0.819. The molecular weight excluding hydrogens is 338 g/mol. The second-order valence-corrected chi connectivity index (χ2v) is 7.85. The van der Waals surface area contributed by atoms with Crippen LogP contribution in [0.15, 0.2) is 48.7 Å². The summed E-state index contributed by atoms with van der Waals surface area (Å²) < 4.78 is 32.3. The molecule has 1 aromatic heterocycles. The number of benzene rings is 1. The van der Waals surface area contributed by atoms with E-state index in [9.17, 15) is 8.42 Å². The molecule has 0 spiro atoms. The van der Waals surface area contributed by atoms with Crippen LogP contribution in [-0.4, -0.2) is 45.5 Å². The van der Waals surface area contributed by atoms with E-state index >= 15 is 0 Å². The SMILES string of the molecule is O=S(=O)(CCCc1ccccc1)Nc1ccc(N2CCOCC2)cn1. The molecule has 0 amide bonds. The molecule has 0 unspecified atom stereocenters. The highest BCUT2D eigenvalue weighted by Crippen LogP contribution is 2.17. The average molecular weight is 361 g/mol. The number of rotatable bonds is 7. The van der Waals surface area contributed by atoms with Crippen LogP contribution >= 0.6 is 0 Å². The van der Waals surface area contributed by atoms with Gasteiger partial charge in [-0.2, -0.15) is 0 Å². The van der Waals surface area contributed by atoms with E-state index in [1.165, 1.54) is 0 Å². The maximum absolute atomic E-state index is 12.2. The number of anilines is 2. The normalized spacial score (nSPS) is 15.1. The maximum atomic E-state index is 12.2. The van der Waals surface area contributed by atoms with Crippen molar-refractivity contribution < 1.29 is 13.2 Å². The van der Waals surface area contributed by atoms with Crippen molar-refractivity contribution >= 4 is 21.5 Å². The minimum Gasteiger partial charge on any atom is -0.378 e. The number of hydrogen-bond donors (Lipinski definition) is 1. The molecule has 134 valence electrons. The van der Waals surface area contributed by atoms with E-state index in [1.807, 2.05) is 36.4 Å². The van der Waals surface area contributed by atoms with Crippen LogP contribution < -0.4 is 9.62 Å². The number of aryl methyl sites for hydroxylation is 1. The minimum absolute atomic E-state index is 0.0782. The Bertz CT molecular complexity index is 758. The number of pyridine rings is 1. The Morgan fingerprint density at radius 2 is 1.84 bits per heavy atom. The van der Waals surface area contributed by atoms with Gasteiger partial charge in [-0.15, -0.1) is 0 Å². The lowest BCUT2D eigenvalue weighted by molar-refractivity contribution is 0.122. The van der Waals surface area contributed by atoms with Crippen LogP contribution in [-0.2, 0) is 21.2 Å². The Kier molecular flexibility index (Phi) is 5.88. The van der Waals surface area contributed by atoms with Gasteiger partial charge < -0.3 is 9.64 Å². The van der Waals surface area contributed by atoms with E-state index < -0.39 is 10.0 Å². The summed E-state index contributed by atoms with van der Waals surface area (Å²) in [7, 11) is -3.39. The van der Waals surface area contributed by atoms with Crippen molar-refractivity contribution in [2.45, 2.75) is 12.8 Å². The highest BCUT2D eigenvalue weighted by molar-refractivity contribution is 7.92. The van der Waals surface area contributed by atoms with E-state index in [4.69, 9.17) is 4.74 Å². The third-order valence-electron chi connectivity index (χ3n) is 4.11. The highest BCUT2D eigenvalue weighted by atomic mass is 32.2. The van der Waals surface area contributed by atoms with Crippen LogP contribution in [0.4, 0.5) is 11.5 Å². The lowest BCUT2D eigenvalue weighted by atomic mass is 10.1. The van der Waals surface area contributed by atoms with Gasteiger partial charge in [-0.25, -0.2) is 13.4 Å². The number of ether oxygens (including phenoxy) is 1. The third kappa shape index (κ3) is 5.44. The topological polar surface area (TPSA) is 71.5 Å². The molecular formula is C18H23N3O3S. The Labute approximate surface area is 148 Å². The molecule has 1 N–H and O–H groups in total. The summed E-state index contributed by atoms with van der Waals surface area (Å²) in [6.45, 7) is 3.06. The zero-order valence-corrected chi connectivity index (χ0v) is 14.9. The van der Waals surface area contributed by atoms with E-state index in [0.29, 0.717) is 25.5 Å². The van der Waals surface area contributed by atoms with Crippen LogP contribution in [0.25, 0.3) is 0 Å². The van der Waals surface area contributed by atoms with Gasteiger partial charge in [0.05, 0.1) is 30.9 Å². The summed E-state index contributed by atoms with van der Waals surface area (Å²) in [6.07, 6.45) is 3.02. The Morgan fingerprint density at radius 1 is 1.08 bits per heavy atom. The van der Waals surface area contributed by atoms with E-state index in [1.54, 1.807) is 12.3 Å². The second-order valence-electron chi connectivity index (χ2n) is 6.01. The van der Waals surface area contributed by atoms with Gasteiger partial charge in [-0.3, -0.25) is 4.72 Å². The van der Waals surface area contributed by atoms with Gasteiger partial charge in [0.2, 0.25) is 10.0 Å². The molecule has 0 aliphatic carbocycles. The lowest BCUT2D eigenvalue weighted by Gasteiger charge is -2.28. The number of aromatic nitrogens is 1. The Balaban J connectivity index is 1.51. The smallest absolute Gasteiger partial charge is 0.233 e. The zero-order valence-electron chi connectivity index (χ0n) is 14.1. The van der Waals surface area contributed by atoms with E-state index in [2.05, 4.69) is 14.6 Å². The lowest BCUT2D eigenvalue weighted by Crippen LogP contribution is -2.36. The first-order chi connectivity index (χ1) is 12.1. The number of morpholine rings is 1. The summed E-state index contributed by atoms with van der Waals surface area (Å²) in [6, 6.07) is 13.5. The fraction of sp³-hybridized carbons (Fsp3) is 0.389. The monoisotopic (exact) mass is 361 g/mol. The predicted octanol–water partition coefficient (Wildman–Crippen LogP) is 2.29. The summed E-state index contributed by atoms with van der Waals surface area (Å²) in [5, 5.41) is 0. The fourth-order valence-electron chi connectivity index (χ4n) is 2.78. The van der Waals surface area contributed by atoms with Crippen molar-refractivity contribution in [1.82, 2.24) is 4.98 Å². The molecule has 1 aliphatic heterocycles. The first kappa shape index (κ1) is 17.7. The fourth-order valence-corrected chi connectivity index (χ4v) is 3.84. The molecule has 0 saturated carbocycles. The largest absolute Gasteiger partial charge is 0.378 e. The molecule has 7 heteroatoms. The Morgan fingerprint density at radius 3 is 2.52 bits per heavy atom. The Hall–Kier alpha value is -2.12. The van der Waals surface area contributed by atoms with Gasteiger partial charge in [0.1, 0.15) is 5.82 Å². The third-order valence-corrected chi connectivity index (χ3v) is 5.45. The van der Waals surface area contributed by atoms with Gasteiger partial charge >= 0.3 is 0 Å². The molecule has 1 aliphatic rings. The van der Waals surface area contributed by atoms with E-state index in [0.717, 1.165) is 30.8 Å². The number of nitrogens with zero attached hydrogens (tertiary/aromatic N) is 2. The maximum Gasteiger partial charge on any atom is 0.233 e. The van der Waals surface area contributed by atoms with Crippen LogP contribution in [0, 0.1) is 0 Å². The minimum atomic E-state index is -3.39. The predicted molar refractivity (Wildman–Crippen MR) is 99.4 cm³/mol. The van der Waals surface area contributed by atoms with Crippen LogP contribution in [0.5, 0.6) is 0 Å². The van der Waals surface area contributed by atoms with Gasteiger partial charge in [0.15, 0.2) is 0 Å².